The van der Waals surface area contributed by atoms with Crippen LogP contribution >= 0.6 is 0 Å². The Balaban J connectivity index is 2.25. The summed E-state index contributed by atoms with van der Waals surface area (Å²) in [6.45, 7) is 5.31. The Morgan fingerprint density at radius 3 is 2.76 bits per heavy atom. The van der Waals surface area contributed by atoms with E-state index in [0.717, 1.165) is 17.7 Å². The molecule has 0 spiro atoms. The Morgan fingerprint density at radius 1 is 1.24 bits per heavy atom. The van der Waals surface area contributed by atoms with Gasteiger partial charge in [0, 0.05) is 18.9 Å². The third-order valence-electron chi connectivity index (χ3n) is 3.05. The number of sulfonamides is 1. The first-order valence-electron chi connectivity index (χ1n) is 6.76. The third-order valence-corrected chi connectivity index (χ3v) is 4.42. The molecule has 0 saturated heterocycles. The van der Waals surface area contributed by atoms with Gasteiger partial charge in [0.25, 0.3) is 10.0 Å². The highest BCUT2D eigenvalue weighted by Crippen LogP contribution is 2.19. The number of nitrogens with one attached hydrogen (secondary N) is 2. The highest BCUT2D eigenvalue weighted by Gasteiger charge is 2.15. The molecule has 1 heterocycles. The lowest BCUT2D eigenvalue weighted by atomic mass is 10.2. The number of hydrogen-bond acceptors (Lipinski definition) is 4. The van der Waals surface area contributed by atoms with Gasteiger partial charge in [0.2, 0.25) is 0 Å². The molecule has 0 radical (unpaired) electrons. The SMILES string of the molecule is CCNCc1cccc(S(=O)(=O)Nc2ccncc2C)c1. The number of hydrogen-bond donors (Lipinski definition) is 2. The molecule has 0 saturated carbocycles. The van der Waals surface area contributed by atoms with Crippen LogP contribution in [0.5, 0.6) is 0 Å². The average Bonchev–Trinajstić information content (AvgIpc) is 2.48. The van der Waals surface area contributed by atoms with Crippen molar-refractivity contribution in [1.82, 2.24) is 10.3 Å². The van der Waals surface area contributed by atoms with Crippen LogP contribution < -0.4 is 10.0 Å². The maximum absolute atomic E-state index is 12.4. The van der Waals surface area contributed by atoms with E-state index >= 15 is 0 Å². The Bertz CT molecular complexity index is 714. The molecular weight excluding hydrogens is 286 g/mol. The summed E-state index contributed by atoms with van der Waals surface area (Å²) in [5, 5.41) is 3.18. The second-order valence-corrected chi connectivity index (χ2v) is 6.41. The summed E-state index contributed by atoms with van der Waals surface area (Å²) in [6, 6.07) is 8.57. The number of benzene rings is 1. The zero-order valence-corrected chi connectivity index (χ0v) is 12.9. The third kappa shape index (κ3) is 4.03. The van der Waals surface area contributed by atoms with Crippen molar-refractivity contribution in [3.63, 3.8) is 0 Å². The Hall–Kier alpha value is -1.92. The molecule has 2 aromatic rings. The number of nitrogens with zero attached hydrogens (tertiary/aromatic N) is 1. The van der Waals surface area contributed by atoms with Crippen LogP contribution in [0.15, 0.2) is 47.6 Å². The van der Waals surface area contributed by atoms with Gasteiger partial charge in [-0.2, -0.15) is 0 Å². The lowest BCUT2D eigenvalue weighted by Gasteiger charge is -2.11. The molecule has 0 fully saturated rings. The first-order chi connectivity index (χ1) is 10.0. The van der Waals surface area contributed by atoms with E-state index in [1.54, 1.807) is 36.7 Å². The first kappa shape index (κ1) is 15.5. The van der Waals surface area contributed by atoms with Crippen LogP contribution in [0.3, 0.4) is 0 Å². The lowest BCUT2D eigenvalue weighted by Crippen LogP contribution is -2.15. The summed E-state index contributed by atoms with van der Waals surface area (Å²) in [5.41, 5.74) is 2.26. The standard InChI is InChI=1S/C15H19N3O2S/c1-3-16-11-13-5-4-6-14(9-13)21(19,20)18-15-7-8-17-10-12(15)2/h4-10,16H,3,11H2,1-2H3,(H,17,18). The molecule has 0 aliphatic heterocycles. The Labute approximate surface area is 125 Å². The molecule has 5 nitrogen and oxygen atoms in total. The van der Waals surface area contributed by atoms with Crippen LogP contribution in [0.1, 0.15) is 18.1 Å². The maximum atomic E-state index is 12.4. The topological polar surface area (TPSA) is 71.1 Å². The predicted octanol–water partition coefficient (Wildman–Crippen LogP) is 2.30. The lowest BCUT2D eigenvalue weighted by molar-refractivity contribution is 0.601. The largest absolute Gasteiger partial charge is 0.313 e. The van der Waals surface area contributed by atoms with Crippen molar-refractivity contribution in [2.45, 2.75) is 25.3 Å². The second-order valence-electron chi connectivity index (χ2n) is 4.72. The van der Waals surface area contributed by atoms with Crippen LogP contribution in [-0.4, -0.2) is 19.9 Å². The van der Waals surface area contributed by atoms with E-state index in [0.29, 0.717) is 12.2 Å². The molecule has 0 atom stereocenters. The van der Waals surface area contributed by atoms with Crippen LogP contribution in [0.4, 0.5) is 5.69 Å². The monoisotopic (exact) mass is 305 g/mol. The van der Waals surface area contributed by atoms with Gasteiger partial charge in [-0.1, -0.05) is 19.1 Å². The molecule has 0 bridgehead atoms. The van der Waals surface area contributed by atoms with Gasteiger partial charge < -0.3 is 5.32 Å². The number of pyridine rings is 1. The van der Waals surface area contributed by atoms with Gasteiger partial charge in [0.1, 0.15) is 0 Å². The first-order valence-corrected chi connectivity index (χ1v) is 8.24. The summed E-state index contributed by atoms with van der Waals surface area (Å²) in [7, 11) is -3.59. The van der Waals surface area contributed by atoms with E-state index < -0.39 is 10.0 Å². The summed E-state index contributed by atoms with van der Waals surface area (Å²) < 4.78 is 27.5. The maximum Gasteiger partial charge on any atom is 0.261 e. The molecule has 1 aromatic carbocycles. The highest BCUT2D eigenvalue weighted by molar-refractivity contribution is 7.92. The molecule has 6 heteroatoms. The molecule has 1 aromatic heterocycles. The van der Waals surface area contributed by atoms with Crippen LogP contribution in [-0.2, 0) is 16.6 Å². The van der Waals surface area contributed by atoms with Crippen LogP contribution in [0.25, 0.3) is 0 Å². The van der Waals surface area contributed by atoms with Crippen molar-refractivity contribution in [3.8, 4) is 0 Å². The fourth-order valence-corrected chi connectivity index (χ4v) is 3.08. The van der Waals surface area contributed by atoms with Crippen molar-refractivity contribution in [2.75, 3.05) is 11.3 Å². The molecule has 0 aliphatic rings. The van der Waals surface area contributed by atoms with Crippen molar-refractivity contribution in [3.05, 3.63) is 53.9 Å². The highest BCUT2D eigenvalue weighted by atomic mass is 32.2. The van der Waals surface area contributed by atoms with E-state index in [1.165, 1.54) is 0 Å². The number of anilines is 1. The minimum absolute atomic E-state index is 0.258. The van der Waals surface area contributed by atoms with E-state index in [1.807, 2.05) is 19.9 Å². The second kappa shape index (κ2) is 6.69. The van der Waals surface area contributed by atoms with Gasteiger partial charge in [-0.05, 0) is 42.8 Å². The quantitative estimate of drug-likeness (QED) is 0.859. The number of aromatic nitrogens is 1. The summed E-state index contributed by atoms with van der Waals surface area (Å²) in [4.78, 5) is 4.21. The van der Waals surface area contributed by atoms with Gasteiger partial charge in [-0.3, -0.25) is 9.71 Å². The van der Waals surface area contributed by atoms with E-state index in [4.69, 9.17) is 0 Å². The van der Waals surface area contributed by atoms with Gasteiger partial charge in [0.15, 0.2) is 0 Å². The minimum Gasteiger partial charge on any atom is -0.313 e. The molecule has 2 N–H and O–H groups in total. The van der Waals surface area contributed by atoms with Gasteiger partial charge in [-0.25, -0.2) is 8.42 Å². The average molecular weight is 305 g/mol. The van der Waals surface area contributed by atoms with Gasteiger partial charge >= 0.3 is 0 Å². The normalized spacial score (nSPS) is 11.3. The number of aryl methyl sites for hydroxylation is 1. The zero-order chi connectivity index (χ0) is 15.3. The van der Waals surface area contributed by atoms with Crippen molar-refractivity contribution >= 4 is 15.7 Å². The molecule has 0 amide bonds. The smallest absolute Gasteiger partial charge is 0.261 e. The molecule has 0 aliphatic carbocycles. The van der Waals surface area contributed by atoms with E-state index in [-0.39, 0.29) is 4.90 Å². The summed E-state index contributed by atoms with van der Waals surface area (Å²) in [6.07, 6.45) is 3.19. The van der Waals surface area contributed by atoms with Crippen LogP contribution in [0.2, 0.25) is 0 Å². The molecule has 0 unspecified atom stereocenters. The molecular formula is C15H19N3O2S. The minimum atomic E-state index is -3.59. The zero-order valence-electron chi connectivity index (χ0n) is 12.1. The predicted molar refractivity (Wildman–Crippen MR) is 83.6 cm³/mol. The van der Waals surface area contributed by atoms with E-state index in [9.17, 15) is 8.42 Å². The fourth-order valence-electron chi connectivity index (χ4n) is 1.88. The number of rotatable bonds is 6. The van der Waals surface area contributed by atoms with Crippen molar-refractivity contribution in [1.29, 1.82) is 0 Å². The van der Waals surface area contributed by atoms with Gasteiger partial charge in [-0.15, -0.1) is 0 Å². The molecule has 112 valence electrons. The molecule has 2 rings (SSSR count). The van der Waals surface area contributed by atoms with Crippen molar-refractivity contribution < 1.29 is 8.42 Å². The fraction of sp³-hybridized carbons (Fsp3) is 0.267. The Kier molecular flexibility index (Phi) is 4.93. The van der Waals surface area contributed by atoms with E-state index in [2.05, 4.69) is 15.0 Å². The Morgan fingerprint density at radius 2 is 2.05 bits per heavy atom. The van der Waals surface area contributed by atoms with Crippen LogP contribution in [0, 0.1) is 6.92 Å². The van der Waals surface area contributed by atoms with Gasteiger partial charge in [0.05, 0.1) is 10.6 Å². The summed E-state index contributed by atoms with van der Waals surface area (Å²) in [5.74, 6) is 0. The summed E-state index contributed by atoms with van der Waals surface area (Å²) >= 11 is 0. The van der Waals surface area contributed by atoms with Crippen molar-refractivity contribution in [2.24, 2.45) is 0 Å². The molecule has 21 heavy (non-hydrogen) atoms.